The third-order valence-corrected chi connectivity index (χ3v) is 5.17. The number of hydrogen-bond acceptors (Lipinski definition) is 6. The number of nitro benzene ring substituents is 1. The van der Waals surface area contributed by atoms with Crippen molar-refractivity contribution >= 4 is 28.8 Å². The van der Waals surface area contributed by atoms with Crippen molar-refractivity contribution in [2.75, 3.05) is 4.90 Å². The van der Waals surface area contributed by atoms with Crippen molar-refractivity contribution in [3.63, 3.8) is 0 Å². The van der Waals surface area contributed by atoms with Crippen LogP contribution in [0.5, 0.6) is 5.75 Å². The molecule has 0 saturated carbocycles. The van der Waals surface area contributed by atoms with Crippen molar-refractivity contribution in [1.82, 2.24) is 0 Å². The Bertz CT molecular complexity index is 1320. The molecular formula is C23H14F2N2O6. The summed E-state index contributed by atoms with van der Waals surface area (Å²) in [5.41, 5.74) is -0.779. The minimum atomic E-state index is -1.32. The zero-order chi connectivity index (χ0) is 23.9. The number of non-ortho nitro benzene ring substituents is 1. The molecule has 1 heterocycles. The predicted octanol–water partition coefficient (Wildman–Crippen LogP) is 4.20. The molecule has 0 aromatic heterocycles. The minimum absolute atomic E-state index is 0.0157. The van der Waals surface area contributed by atoms with Crippen LogP contribution in [0.15, 0.2) is 72.3 Å². The number of nitro groups is 1. The SMILES string of the molecule is O=C1C(=O)N(c2ccc(F)cc2F)C(c2ccc(O)cc2)/C1=C(\O)c1ccc([N+](=O)[O-])cc1. The highest BCUT2D eigenvalue weighted by molar-refractivity contribution is 6.51. The van der Waals surface area contributed by atoms with E-state index in [1.165, 1.54) is 36.4 Å². The molecule has 0 radical (unpaired) electrons. The lowest BCUT2D eigenvalue weighted by molar-refractivity contribution is -0.384. The third kappa shape index (κ3) is 3.78. The highest BCUT2D eigenvalue weighted by atomic mass is 19.1. The van der Waals surface area contributed by atoms with E-state index in [0.29, 0.717) is 6.07 Å². The van der Waals surface area contributed by atoms with Gasteiger partial charge in [-0.3, -0.25) is 24.6 Å². The van der Waals surface area contributed by atoms with Crippen LogP contribution >= 0.6 is 0 Å². The molecule has 1 amide bonds. The van der Waals surface area contributed by atoms with Gasteiger partial charge in [-0.05, 0) is 42.0 Å². The fourth-order valence-electron chi connectivity index (χ4n) is 3.63. The summed E-state index contributed by atoms with van der Waals surface area (Å²) in [6.07, 6.45) is 0. The molecule has 0 aliphatic carbocycles. The van der Waals surface area contributed by atoms with Gasteiger partial charge < -0.3 is 10.2 Å². The van der Waals surface area contributed by atoms with Gasteiger partial charge in [0.15, 0.2) is 0 Å². The number of phenolic OH excluding ortho intramolecular Hbond substituents is 1. The maximum atomic E-state index is 14.6. The van der Waals surface area contributed by atoms with Gasteiger partial charge in [-0.2, -0.15) is 0 Å². The topological polar surface area (TPSA) is 121 Å². The zero-order valence-corrected chi connectivity index (χ0v) is 16.6. The molecule has 33 heavy (non-hydrogen) atoms. The zero-order valence-electron chi connectivity index (χ0n) is 16.6. The number of amides is 1. The fourth-order valence-corrected chi connectivity index (χ4v) is 3.63. The van der Waals surface area contributed by atoms with E-state index >= 15 is 0 Å². The van der Waals surface area contributed by atoms with Crippen molar-refractivity contribution in [3.8, 4) is 5.75 Å². The highest BCUT2D eigenvalue weighted by Crippen LogP contribution is 2.43. The average Bonchev–Trinajstić information content (AvgIpc) is 3.04. The van der Waals surface area contributed by atoms with Crippen LogP contribution in [0.4, 0.5) is 20.2 Å². The van der Waals surface area contributed by atoms with Crippen LogP contribution in [-0.4, -0.2) is 26.8 Å². The van der Waals surface area contributed by atoms with Gasteiger partial charge in [-0.15, -0.1) is 0 Å². The summed E-state index contributed by atoms with van der Waals surface area (Å²) >= 11 is 0. The number of ketones is 1. The lowest BCUT2D eigenvalue weighted by Gasteiger charge is -2.25. The molecule has 3 aromatic carbocycles. The van der Waals surface area contributed by atoms with E-state index in [1.54, 1.807) is 0 Å². The molecule has 4 rings (SSSR count). The second-order valence-electron chi connectivity index (χ2n) is 7.16. The van der Waals surface area contributed by atoms with Crippen LogP contribution in [0, 0.1) is 21.7 Å². The van der Waals surface area contributed by atoms with Crippen molar-refractivity contribution in [2.45, 2.75) is 6.04 Å². The van der Waals surface area contributed by atoms with Crippen molar-refractivity contribution in [2.24, 2.45) is 0 Å². The number of aliphatic hydroxyl groups is 1. The Labute approximate surface area is 184 Å². The smallest absolute Gasteiger partial charge is 0.300 e. The number of hydrogen-bond donors (Lipinski definition) is 2. The van der Waals surface area contributed by atoms with Gasteiger partial charge >= 0.3 is 0 Å². The van der Waals surface area contributed by atoms with Gasteiger partial charge in [0, 0.05) is 23.8 Å². The highest BCUT2D eigenvalue weighted by Gasteiger charge is 2.47. The number of carbonyl (C=O) groups is 2. The van der Waals surface area contributed by atoms with Crippen LogP contribution in [0.2, 0.25) is 0 Å². The summed E-state index contributed by atoms with van der Waals surface area (Å²) in [4.78, 5) is 36.9. The lowest BCUT2D eigenvalue weighted by Crippen LogP contribution is -2.30. The molecule has 1 atom stereocenters. The Balaban J connectivity index is 1.93. The molecule has 8 nitrogen and oxygen atoms in total. The molecule has 3 aromatic rings. The average molecular weight is 452 g/mol. The monoisotopic (exact) mass is 452 g/mol. The van der Waals surface area contributed by atoms with E-state index < -0.39 is 45.6 Å². The molecule has 0 bridgehead atoms. The van der Waals surface area contributed by atoms with Gasteiger partial charge in [0.05, 0.1) is 22.2 Å². The molecule has 10 heteroatoms. The number of benzene rings is 3. The summed E-state index contributed by atoms with van der Waals surface area (Å²) < 4.78 is 28.1. The van der Waals surface area contributed by atoms with Gasteiger partial charge in [0.25, 0.3) is 17.4 Å². The number of nitrogens with zero attached hydrogens (tertiary/aromatic N) is 2. The molecule has 166 valence electrons. The summed E-state index contributed by atoms with van der Waals surface area (Å²) in [5.74, 6) is -5.03. The van der Waals surface area contributed by atoms with Gasteiger partial charge in [-0.25, -0.2) is 8.78 Å². The number of carbonyl (C=O) groups excluding carboxylic acids is 2. The van der Waals surface area contributed by atoms with Crippen LogP contribution in [0.1, 0.15) is 17.2 Å². The second-order valence-corrected chi connectivity index (χ2v) is 7.16. The number of aliphatic hydroxyl groups excluding tert-OH is 1. The molecule has 2 N–H and O–H groups in total. The number of halogens is 2. The Morgan fingerprint density at radius 2 is 1.61 bits per heavy atom. The first kappa shape index (κ1) is 21.6. The van der Waals surface area contributed by atoms with Crippen LogP contribution in [0.25, 0.3) is 5.76 Å². The van der Waals surface area contributed by atoms with Gasteiger partial charge in [0.2, 0.25) is 0 Å². The molecule has 0 spiro atoms. The molecule has 1 unspecified atom stereocenters. The van der Waals surface area contributed by atoms with Crippen molar-refractivity contribution in [3.05, 3.63) is 105 Å². The Kier molecular flexibility index (Phi) is 5.34. The first-order valence-electron chi connectivity index (χ1n) is 9.49. The van der Waals surface area contributed by atoms with Crippen molar-refractivity contribution in [1.29, 1.82) is 0 Å². The van der Waals surface area contributed by atoms with E-state index in [9.17, 15) is 38.7 Å². The normalized spacial score (nSPS) is 17.4. The second kappa shape index (κ2) is 8.15. The van der Waals surface area contributed by atoms with E-state index in [1.807, 2.05) is 0 Å². The van der Waals surface area contributed by atoms with E-state index in [0.717, 1.165) is 29.2 Å². The largest absolute Gasteiger partial charge is 0.508 e. The third-order valence-electron chi connectivity index (χ3n) is 5.17. The quantitative estimate of drug-likeness (QED) is 0.201. The maximum Gasteiger partial charge on any atom is 0.300 e. The first-order chi connectivity index (χ1) is 15.7. The Morgan fingerprint density at radius 1 is 0.970 bits per heavy atom. The number of Topliss-reactive ketones (excluding diaryl/α,β-unsaturated/α-hetero) is 1. The van der Waals surface area contributed by atoms with E-state index in [-0.39, 0.29) is 28.3 Å². The van der Waals surface area contributed by atoms with E-state index in [4.69, 9.17) is 0 Å². The molecule has 1 aliphatic heterocycles. The first-order valence-corrected chi connectivity index (χ1v) is 9.49. The Hall–Kier alpha value is -4.60. The van der Waals surface area contributed by atoms with Gasteiger partial charge in [0.1, 0.15) is 23.1 Å². The van der Waals surface area contributed by atoms with E-state index in [2.05, 4.69) is 0 Å². The number of anilines is 1. The Morgan fingerprint density at radius 3 is 2.18 bits per heavy atom. The molecular weight excluding hydrogens is 438 g/mol. The standard InChI is InChI=1S/C23H14F2N2O6/c24-14-5-10-18(17(25)11-14)26-20(12-3-8-16(28)9-4-12)19(22(30)23(26)31)21(29)13-1-6-15(7-2-13)27(32)33/h1-11,20,28-29H/b21-19+. The predicted molar refractivity (Wildman–Crippen MR) is 112 cm³/mol. The maximum absolute atomic E-state index is 14.6. The number of rotatable bonds is 4. The minimum Gasteiger partial charge on any atom is -0.508 e. The summed E-state index contributed by atoms with van der Waals surface area (Å²) in [6, 6.07) is 11.1. The lowest BCUT2D eigenvalue weighted by atomic mass is 9.95. The number of phenols is 1. The van der Waals surface area contributed by atoms with Crippen LogP contribution < -0.4 is 4.90 Å². The summed E-state index contributed by atoms with van der Waals surface area (Å²) in [5, 5.41) is 31.4. The van der Waals surface area contributed by atoms with Crippen molar-refractivity contribution < 1.29 is 33.5 Å². The number of aromatic hydroxyl groups is 1. The van der Waals surface area contributed by atoms with Crippen LogP contribution in [-0.2, 0) is 9.59 Å². The molecule has 1 aliphatic rings. The van der Waals surface area contributed by atoms with Crippen LogP contribution in [0.3, 0.4) is 0 Å². The summed E-state index contributed by atoms with van der Waals surface area (Å²) in [6.45, 7) is 0. The molecule has 1 saturated heterocycles. The summed E-state index contributed by atoms with van der Waals surface area (Å²) in [7, 11) is 0. The van der Waals surface area contributed by atoms with Gasteiger partial charge in [-0.1, -0.05) is 12.1 Å². The fraction of sp³-hybridized carbons (Fsp3) is 0.0435. The molecule has 1 fully saturated rings.